The Balaban J connectivity index is 1.72. The molecule has 174 valence electrons. The summed E-state index contributed by atoms with van der Waals surface area (Å²) in [7, 11) is 1.67. The number of thiophene rings is 1. The fourth-order valence-electron chi connectivity index (χ4n) is 4.18. The van der Waals surface area contributed by atoms with Crippen LogP contribution in [0.25, 0.3) is 10.9 Å². The number of pyridine rings is 1. The molecule has 0 radical (unpaired) electrons. The summed E-state index contributed by atoms with van der Waals surface area (Å²) in [5, 5.41) is 15.6. The summed E-state index contributed by atoms with van der Waals surface area (Å²) < 4.78 is 7.03. The van der Waals surface area contributed by atoms with Gasteiger partial charge in [0.15, 0.2) is 5.82 Å². The first-order chi connectivity index (χ1) is 16.0. The van der Waals surface area contributed by atoms with E-state index in [4.69, 9.17) is 4.74 Å². The van der Waals surface area contributed by atoms with Gasteiger partial charge in [0, 0.05) is 30.6 Å². The molecule has 0 fully saturated rings. The average Bonchev–Trinajstić information content (AvgIpc) is 3.49. The van der Waals surface area contributed by atoms with Gasteiger partial charge in [0.05, 0.1) is 24.7 Å². The third-order valence-corrected chi connectivity index (χ3v) is 6.99. The molecule has 0 aliphatic heterocycles. The standard InChI is InChI=1S/C24H30N6O2S/c1-5-21(23-26-27-28-30(23)10-11-32-4)29(15-20-7-6-12-33-20)14-19-13-18-9-8-16(2)17(3)22(18)25-24(19)31/h6-9,12-13,21H,5,10-11,14-15H2,1-4H3,(H,25,31)/t21-/m1/s1. The third kappa shape index (κ3) is 5.05. The molecule has 0 unspecified atom stereocenters. The fourth-order valence-corrected chi connectivity index (χ4v) is 4.91. The molecule has 0 bridgehead atoms. The van der Waals surface area contributed by atoms with Crippen LogP contribution in [-0.4, -0.2) is 43.8 Å². The fraction of sp³-hybridized carbons (Fsp3) is 0.417. The van der Waals surface area contributed by atoms with Crippen LogP contribution in [0.4, 0.5) is 0 Å². The number of aromatic nitrogens is 5. The molecule has 9 heteroatoms. The largest absolute Gasteiger partial charge is 0.383 e. The van der Waals surface area contributed by atoms with Gasteiger partial charge < -0.3 is 9.72 Å². The minimum Gasteiger partial charge on any atom is -0.383 e. The van der Waals surface area contributed by atoms with Crippen molar-refractivity contribution in [3.8, 4) is 0 Å². The maximum atomic E-state index is 13.1. The summed E-state index contributed by atoms with van der Waals surface area (Å²) in [6.45, 7) is 8.54. The molecule has 3 aromatic heterocycles. The topological polar surface area (TPSA) is 88.9 Å². The van der Waals surface area contributed by atoms with Gasteiger partial charge in [-0.3, -0.25) is 9.69 Å². The molecule has 1 atom stereocenters. The molecular weight excluding hydrogens is 436 g/mol. The van der Waals surface area contributed by atoms with E-state index in [1.165, 1.54) is 10.4 Å². The van der Waals surface area contributed by atoms with Crippen LogP contribution in [-0.2, 0) is 24.4 Å². The molecule has 8 nitrogen and oxygen atoms in total. The Morgan fingerprint density at radius 1 is 1.24 bits per heavy atom. The lowest BCUT2D eigenvalue weighted by Crippen LogP contribution is -2.32. The molecule has 1 aromatic carbocycles. The molecule has 0 saturated heterocycles. The first-order valence-electron chi connectivity index (χ1n) is 11.1. The zero-order valence-electron chi connectivity index (χ0n) is 19.5. The lowest BCUT2D eigenvalue weighted by atomic mass is 10.0. The Morgan fingerprint density at radius 3 is 2.82 bits per heavy atom. The number of hydrogen-bond acceptors (Lipinski definition) is 7. The number of ether oxygens (including phenoxy) is 1. The van der Waals surface area contributed by atoms with E-state index in [1.807, 2.05) is 13.0 Å². The van der Waals surface area contributed by atoms with Crippen molar-refractivity contribution < 1.29 is 4.74 Å². The predicted octanol–water partition coefficient (Wildman–Crippen LogP) is 3.99. The molecule has 0 spiro atoms. The van der Waals surface area contributed by atoms with Gasteiger partial charge in [-0.25, -0.2) is 4.68 Å². The first-order valence-corrected chi connectivity index (χ1v) is 12.0. The molecule has 0 amide bonds. The van der Waals surface area contributed by atoms with Gasteiger partial charge in [-0.1, -0.05) is 25.1 Å². The number of nitrogens with zero attached hydrogens (tertiary/aromatic N) is 5. The predicted molar refractivity (Wildman–Crippen MR) is 130 cm³/mol. The van der Waals surface area contributed by atoms with E-state index in [0.717, 1.165) is 34.3 Å². The van der Waals surface area contributed by atoms with Crippen LogP contribution in [0.1, 0.15) is 46.8 Å². The van der Waals surface area contributed by atoms with Crippen molar-refractivity contribution in [2.24, 2.45) is 0 Å². The van der Waals surface area contributed by atoms with Crippen molar-refractivity contribution in [1.82, 2.24) is 30.1 Å². The Morgan fingerprint density at radius 2 is 2.09 bits per heavy atom. The number of tetrazole rings is 1. The van der Waals surface area contributed by atoms with Crippen molar-refractivity contribution in [2.75, 3.05) is 13.7 Å². The average molecular weight is 467 g/mol. The second-order valence-electron chi connectivity index (χ2n) is 8.26. The Labute approximate surface area is 197 Å². The Kier molecular flexibility index (Phi) is 7.32. The highest BCUT2D eigenvalue weighted by Gasteiger charge is 2.26. The van der Waals surface area contributed by atoms with E-state index >= 15 is 0 Å². The zero-order chi connectivity index (χ0) is 23.4. The number of aromatic amines is 1. The Bertz CT molecular complexity index is 1260. The number of methoxy groups -OCH3 is 1. The van der Waals surface area contributed by atoms with E-state index in [-0.39, 0.29) is 11.6 Å². The maximum Gasteiger partial charge on any atom is 0.252 e. The van der Waals surface area contributed by atoms with E-state index in [0.29, 0.717) is 26.2 Å². The lowest BCUT2D eigenvalue weighted by molar-refractivity contribution is 0.152. The van der Waals surface area contributed by atoms with E-state index in [2.05, 4.69) is 68.9 Å². The maximum absolute atomic E-state index is 13.1. The van der Waals surface area contributed by atoms with Gasteiger partial charge in [-0.15, -0.1) is 16.4 Å². The van der Waals surface area contributed by atoms with Crippen LogP contribution >= 0.6 is 11.3 Å². The monoisotopic (exact) mass is 466 g/mol. The van der Waals surface area contributed by atoms with Gasteiger partial charge >= 0.3 is 0 Å². The van der Waals surface area contributed by atoms with Crippen molar-refractivity contribution >= 4 is 22.2 Å². The Hall–Kier alpha value is -2.88. The van der Waals surface area contributed by atoms with Crippen molar-refractivity contribution in [3.63, 3.8) is 0 Å². The number of benzene rings is 1. The number of aryl methyl sites for hydroxylation is 2. The quantitative estimate of drug-likeness (QED) is 0.380. The number of rotatable bonds is 10. The van der Waals surface area contributed by atoms with Gasteiger partial charge in [0.25, 0.3) is 5.56 Å². The smallest absolute Gasteiger partial charge is 0.252 e. The van der Waals surface area contributed by atoms with E-state index < -0.39 is 0 Å². The molecule has 33 heavy (non-hydrogen) atoms. The van der Waals surface area contributed by atoms with Crippen molar-refractivity contribution in [1.29, 1.82) is 0 Å². The second kappa shape index (κ2) is 10.4. The molecule has 0 saturated carbocycles. The van der Waals surface area contributed by atoms with Crippen LogP contribution in [0.2, 0.25) is 0 Å². The number of fused-ring (bicyclic) bond motifs is 1. The first kappa shape index (κ1) is 23.3. The zero-order valence-corrected chi connectivity index (χ0v) is 20.4. The summed E-state index contributed by atoms with van der Waals surface area (Å²) in [4.78, 5) is 19.7. The van der Waals surface area contributed by atoms with Crippen LogP contribution < -0.4 is 5.56 Å². The summed E-state index contributed by atoms with van der Waals surface area (Å²) in [6.07, 6.45) is 0.808. The third-order valence-electron chi connectivity index (χ3n) is 6.13. The minimum atomic E-state index is -0.0544. The van der Waals surface area contributed by atoms with Crippen molar-refractivity contribution in [2.45, 2.75) is 52.9 Å². The van der Waals surface area contributed by atoms with Crippen LogP contribution in [0, 0.1) is 13.8 Å². The van der Waals surface area contributed by atoms with Gasteiger partial charge in [0.2, 0.25) is 0 Å². The molecular formula is C24H30N6O2S. The van der Waals surface area contributed by atoms with Gasteiger partial charge in [-0.05, 0) is 64.7 Å². The summed E-state index contributed by atoms with van der Waals surface area (Å²) in [5.41, 5.74) is 3.86. The SMILES string of the molecule is CC[C@H](c1nnnn1CCOC)N(Cc1cccs1)Cc1cc2ccc(C)c(C)c2[nH]c1=O. The number of hydrogen-bond donors (Lipinski definition) is 1. The summed E-state index contributed by atoms with van der Waals surface area (Å²) >= 11 is 1.71. The molecule has 1 N–H and O–H groups in total. The van der Waals surface area contributed by atoms with Gasteiger partial charge in [0.1, 0.15) is 0 Å². The molecule has 4 aromatic rings. The number of nitrogens with one attached hydrogen (secondary N) is 1. The van der Waals surface area contributed by atoms with Crippen LogP contribution in [0.5, 0.6) is 0 Å². The second-order valence-corrected chi connectivity index (χ2v) is 9.29. The highest BCUT2D eigenvalue weighted by atomic mass is 32.1. The summed E-state index contributed by atoms with van der Waals surface area (Å²) in [5.74, 6) is 0.787. The van der Waals surface area contributed by atoms with E-state index in [1.54, 1.807) is 23.1 Å². The molecule has 0 aliphatic carbocycles. The van der Waals surface area contributed by atoms with Gasteiger partial charge in [-0.2, -0.15) is 0 Å². The van der Waals surface area contributed by atoms with E-state index in [9.17, 15) is 4.79 Å². The highest BCUT2D eigenvalue weighted by Crippen LogP contribution is 2.28. The van der Waals surface area contributed by atoms with Crippen LogP contribution in [0.3, 0.4) is 0 Å². The molecule has 4 rings (SSSR count). The molecule has 3 heterocycles. The normalized spacial score (nSPS) is 12.6. The molecule has 0 aliphatic rings. The highest BCUT2D eigenvalue weighted by molar-refractivity contribution is 7.09. The lowest BCUT2D eigenvalue weighted by Gasteiger charge is -2.30. The van der Waals surface area contributed by atoms with Crippen molar-refractivity contribution in [3.05, 3.63) is 73.5 Å². The minimum absolute atomic E-state index is 0.0474. The number of H-pyrrole nitrogens is 1. The summed E-state index contributed by atoms with van der Waals surface area (Å²) in [6, 6.07) is 10.3. The van der Waals surface area contributed by atoms with Crippen LogP contribution in [0.15, 0.2) is 40.5 Å².